The second kappa shape index (κ2) is 7.59. The third-order valence-corrected chi connectivity index (χ3v) is 4.41. The molecule has 1 fully saturated rings. The van der Waals surface area contributed by atoms with Crippen molar-refractivity contribution >= 4 is 27.8 Å². The lowest BCUT2D eigenvalue weighted by Crippen LogP contribution is -2.31. The van der Waals surface area contributed by atoms with E-state index in [1.807, 2.05) is 24.3 Å². The molecule has 1 saturated carbocycles. The molecule has 0 spiro atoms. The van der Waals surface area contributed by atoms with Gasteiger partial charge in [0, 0.05) is 10.9 Å². The van der Waals surface area contributed by atoms with E-state index in [2.05, 4.69) is 21.2 Å². The average molecular weight is 354 g/mol. The molecule has 0 heterocycles. The standard InChI is InChI=1S/C16H20BrNO3/c17-13-7-3-6-12(9-13)14(10-16(20)21)18-15(19)8-11-4-1-2-5-11/h3,6-7,9,11,14H,1-2,4-5,8,10H2,(H,18,19)(H,20,21). The van der Waals surface area contributed by atoms with Crippen LogP contribution in [-0.2, 0) is 9.59 Å². The zero-order valence-electron chi connectivity index (χ0n) is 11.8. The Hall–Kier alpha value is -1.36. The van der Waals surface area contributed by atoms with Gasteiger partial charge in [-0.15, -0.1) is 0 Å². The van der Waals surface area contributed by atoms with E-state index in [0.29, 0.717) is 12.3 Å². The SMILES string of the molecule is O=C(O)CC(NC(=O)CC1CCCC1)c1cccc(Br)c1. The van der Waals surface area contributed by atoms with Crippen molar-refractivity contribution in [2.45, 2.75) is 44.6 Å². The first kappa shape index (κ1) is 16.0. The number of carbonyl (C=O) groups excluding carboxylic acids is 1. The third-order valence-electron chi connectivity index (χ3n) is 3.91. The van der Waals surface area contributed by atoms with Gasteiger partial charge in [0.25, 0.3) is 0 Å². The molecule has 21 heavy (non-hydrogen) atoms. The minimum absolute atomic E-state index is 0.0480. The van der Waals surface area contributed by atoms with E-state index in [1.54, 1.807) is 0 Å². The molecule has 1 aliphatic carbocycles. The number of carboxylic acid groups (broad SMARTS) is 1. The summed E-state index contributed by atoms with van der Waals surface area (Å²) in [6.07, 6.45) is 5.00. The van der Waals surface area contributed by atoms with Crippen LogP contribution in [0.4, 0.5) is 0 Å². The molecule has 1 aromatic rings. The van der Waals surface area contributed by atoms with E-state index in [9.17, 15) is 9.59 Å². The first-order valence-electron chi connectivity index (χ1n) is 7.31. The van der Waals surface area contributed by atoms with Crippen molar-refractivity contribution in [2.24, 2.45) is 5.92 Å². The van der Waals surface area contributed by atoms with Gasteiger partial charge in [0.15, 0.2) is 0 Å². The number of aliphatic carboxylic acids is 1. The number of benzene rings is 1. The van der Waals surface area contributed by atoms with E-state index < -0.39 is 12.0 Å². The van der Waals surface area contributed by atoms with Gasteiger partial charge in [0.05, 0.1) is 12.5 Å². The van der Waals surface area contributed by atoms with Gasteiger partial charge in [0.1, 0.15) is 0 Å². The third kappa shape index (κ3) is 5.16. The molecule has 1 atom stereocenters. The number of halogens is 1. The van der Waals surface area contributed by atoms with Gasteiger partial charge >= 0.3 is 5.97 Å². The van der Waals surface area contributed by atoms with Crippen molar-refractivity contribution in [1.82, 2.24) is 5.32 Å². The smallest absolute Gasteiger partial charge is 0.305 e. The Labute approximate surface area is 133 Å². The molecule has 1 aliphatic rings. The minimum Gasteiger partial charge on any atom is -0.481 e. The Morgan fingerprint density at radius 1 is 1.33 bits per heavy atom. The zero-order valence-corrected chi connectivity index (χ0v) is 13.4. The molecule has 2 N–H and O–H groups in total. The van der Waals surface area contributed by atoms with Crippen molar-refractivity contribution in [2.75, 3.05) is 0 Å². The fourth-order valence-corrected chi connectivity index (χ4v) is 3.30. The lowest BCUT2D eigenvalue weighted by molar-refractivity contribution is -0.137. The van der Waals surface area contributed by atoms with Gasteiger partial charge in [-0.25, -0.2) is 0 Å². The maximum atomic E-state index is 12.1. The molecular formula is C16H20BrNO3. The Balaban J connectivity index is 2.01. The Bertz CT molecular complexity index is 512. The number of hydrogen-bond donors (Lipinski definition) is 2. The maximum absolute atomic E-state index is 12.1. The quantitative estimate of drug-likeness (QED) is 0.819. The minimum atomic E-state index is -0.916. The van der Waals surface area contributed by atoms with Crippen LogP contribution in [-0.4, -0.2) is 17.0 Å². The topological polar surface area (TPSA) is 66.4 Å². The zero-order chi connectivity index (χ0) is 15.2. The first-order chi connectivity index (χ1) is 10.0. The lowest BCUT2D eigenvalue weighted by atomic mass is 10.0. The van der Waals surface area contributed by atoms with Crippen molar-refractivity contribution in [1.29, 1.82) is 0 Å². The molecule has 0 saturated heterocycles. The summed E-state index contributed by atoms with van der Waals surface area (Å²) in [4.78, 5) is 23.2. The summed E-state index contributed by atoms with van der Waals surface area (Å²) in [6, 6.07) is 6.94. The van der Waals surface area contributed by atoms with Crippen LogP contribution in [0, 0.1) is 5.92 Å². The number of rotatable bonds is 6. The van der Waals surface area contributed by atoms with E-state index >= 15 is 0 Å². The summed E-state index contributed by atoms with van der Waals surface area (Å²) < 4.78 is 0.875. The molecule has 1 unspecified atom stereocenters. The van der Waals surface area contributed by atoms with Crippen LogP contribution in [0.5, 0.6) is 0 Å². The number of amides is 1. The molecule has 1 aromatic carbocycles. The molecule has 1 amide bonds. The molecule has 5 heteroatoms. The maximum Gasteiger partial charge on any atom is 0.305 e. The van der Waals surface area contributed by atoms with E-state index in [-0.39, 0.29) is 12.3 Å². The first-order valence-corrected chi connectivity index (χ1v) is 8.10. The fourth-order valence-electron chi connectivity index (χ4n) is 2.88. The molecule has 0 bridgehead atoms. The van der Waals surface area contributed by atoms with Gasteiger partial charge in [0.2, 0.25) is 5.91 Å². The van der Waals surface area contributed by atoms with Crippen LogP contribution in [0.1, 0.15) is 50.1 Å². The van der Waals surface area contributed by atoms with Gasteiger partial charge < -0.3 is 10.4 Å². The second-order valence-corrected chi connectivity index (χ2v) is 6.54. The summed E-state index contributed by atoms with van der Waals surface area (Å²) in [5.41, 5.74) is 0.812. The molecule has 114 valence electrons. The molecule has 2 rings (SSSR count). The van der Waals surface area contributed by atoms with Gasteiger partial charge in [-0.3, -0.25) is 9.59 Å². The van der Waals surface area contributed by atoms with Crippen molar-refractivity contribution in [3.63, 3.8) is 0 Å². The molecule has 0 radical (unpaired) electrons. The largest absolute Gasteiger partial charge is 0.481 e. The van der Waals surface area contributed by atoms with E-state index in [4.69, 9.17) is 5.11 Å². The monoisotopic (exact) mass is 353 g/mol. The normalized spacial score (nSPS) is 16.6. The predicted molar refractivity (Wildman–Crippen MR) is 83.9 cm³/mol. The predicted octanol–water partition coefficient (Wildman–Crippen LogP) is 3.66. The van der Waals surface area contributed by atoms with Crippen LogP contribution in [0.15, 0.2) is 28.7 Å². The number of hydrogen-bond acceptors (Lipinski definition) is 2. The fraction of sp³-hybridized carbons (Fsp3) is 0.500. The summed E-state index contributed by atoms with van der Waals surface area (Å²) >= 11 is 3.37. The number of nitrogens with one attached hydrogen (secondary N) is 1. The Kier molecular flexibility index (Phi) is 5.79. The lowest BCUT2D eigenvalue weighted by Gasteiger charge is -2.19. The van der Waals surface area contributed by atoms with Gasteiger partial charge in [-0.2, -0.15) is 0 Å². The molecule has 4 nitrogen and oxygen atoms in total. The van der Waals surface area contributed by atoms with Crippen molar-refractivity contribution in [3.8, 4) is 0 Å². The Morgan fingerprint density at radius 2 is 2.05 bits per heavy atom. The molecular weight excluding hydrogens is 334 g/mol. The van der Waals surface area contributed by atoms with E-state index in [0.717, 1.165) is 22.9 Å². The highest BCUT2D eigenvalue weighted by atomic mass is 79.9. The van der Waals surface area contributed by atoms with Gasteiger partial charge in [-0.1, -0.05) is 40.9 Å². The highest BCUT2D eigenvalue weighted by Gasteiger charge is 2.22. The van der Waals surface area contributed by atoms with Crippen molar-refractivity contribution in [3.05, 3.63) is 34.3 Å². The van der Waals surface area contributed by atoms with Crippen LogP contribution >= 0.6 is 15.9 Å². The summed E-state index contributed by atoms with van der Waals surface area (Å²) in [6.45, 7) is 0. The second-order valence-electron chi connectivity index (χ2n) is 5.63. The number of carboxylic acids is 1. The molecule has 0 aliphatic heterocycles. The Morgan fingerprint density at radius 3 is 2.67 bits per heavy atom. The van der Waals surface area contributed by atoms with Crippen LogP contribution < -0.4 is 5.32 Å². The average Bonchev–Trinajstić information content (AvgIpc) is 2.90. The summed E-state index contributed by atoms with van der Waals surface area (Å²) in [5, 5.41) is 11.9. The van der Waals surface area contributed by atoms with Crippen LogP contribution in [0.2, 0.25) is 0 Å². The molecule has 0 aromatic heterocycles. The number of carbonyl (C=O) groups is 2. The van der Waals surface area contributed by atoms with E-state index in [1.165, 1.54) is 12.8 Å². The highest BCUT2D eigenvalue weighted by Crippen LogP contribution is 2.28. The van der Waals surface area contributed by atoms with Gasteiger partial charge in [-0.05, 0) is 36.5 Å². The summed E-state index contributed by atoms with van der Waals surface area (Å²) in [5.74, 6) is -0.507. The highest BCUT2D eigenvalue weighted by molar-refractivity contribution is 9.10. The van der Waals surface area contributed by atoms with Crippen LogP contribution in [0.3, 0.4) is 0 Å². The summed E-state index contributed by atoms with van der Waals surface area (Å²) in [7, 11) is 0. The van der Waals surface area contributed by atoms with Crippen LogP contribution in [0.25, 0.3) is 0 Å². The van der Waals surface area contributed by atoms with Crippen molar-refractivity contribution < 1.29 is 14.7 Å².